The van der Waals surface area contributed by atoms with Gasteiger partial charge in [-0.1, -0.05) is 18.2 Å². The topological polar surface area (TPSA) is 96.0 Å². The van der Waals surface area contributed by atoms with Crippen LogP contribution in [0.5, 0.6) is 0 Å². The molecular formula is C30H45N5O4. The number of alkyl carbamates (subject to hydrolysis) is 1. The third kappa shape index (κ3) is 8.54. The second-order valence-corrected chi connectivity index (χ2v) is 12.2. The molecule has 0 atom stereocenters. The fourth-order valence-corrected chi connectivity index (χ4v) is 5.16. The highest BCUT2D eigenvalue weighted by molar-refractivity contribution is 6.07. The van der Waals surface area contributed by atoms with Crippen molar-refractivity contribution in [2.75, 3.05) is 58.3 Å². The zero-order chi connectivity index (χ0) is 28.0. The standard InChI is InChI=1S/C30H45N5O4/c1-30(2,3)39-29(37)32-18-22-12-10-21(11-13-22)17-31-28(36)25-16-27(33-26-9-7-6-8-24(25)26)35-19-23(20-35)38-15-14-34(4)5/h6-9,16,21-23H,10-15,17-20H2,1-5H3,(H,31,36)(H,32,37)/t21-,22-. The summed E-state index contributed by atoms with van der Waals surface area (Å²) >= 11 is 0. The predicted octanol–water partition coefficient (Wildman–Crippen LogP) is 4.06. The number of fused-ring (bicyclic) bond motifs is 1. The van der Waals surface area contributed by atoms with E-state index in [0.29, 0.717) is 37.1 Å². The normalized spacial score (nSPS) is 20.1. The Hall–Kier alpha value is -2.91. The number of anilines is 1. The molecule has 1 aliphatic heterocycles. The van der Waals surface area contributed by atoms with Gasteiger partial charge in [-0.3, -0.25) is 4.79 Å². The smallest absolute Gasteiger partial charge is 0.407 e. The molecule has 1 saturated heterocycles. The van der Waals surface area contributed by atoms with E-state index in [9.17, 15) is 9.59 Å². The number of carbonyl (C=O) groups excluding carboxylic acids is 2. The first-order valence-electron chi connectivity index (χ1n) is 14.2. The van der Waals surface area contributed by atoms with E-state index in [-0.39, 0.29) is 18.1 Å². The molecule has 1 aromatic carbocycles. The van der Waals surface area contributed by atoms with Crippen LogP contribution in [0.15, 0.2) is 30.3 Å². The van der Waals surface area contributed by atoms with Gasteiger partial charge in [-0.15, -0.1) is 0 Å². The van der Waals surface area contributed by atoms with Crippen molar-refractivity contribution < 1.29 is 19.1 Å². The van der Waals surface area contributed by atoms with Gasteiger partial charge in [0, 0.05) is 38.1 Å². The van der Waals surface area contributed by atoms with Crippen molar-refractivity contribution in [2.24, 2.45) is 11.8 Å². The molecule has 0 radical (unpaired) electrons. The number of likely N-dealkylation sites (N-methyl/N-ethyl adjacent to an activating group) is 1. The molecule has 4 rings (SSSR count). The molecule has 0 bridgehead atoms. The number of hydrogen-bond donors (Lipinski definition) is 2. The van der Waals surface area contributed by atoms with E-state index < -0.39 is 5.60 Å². The van der Waals surface area contributed by atoms with Crippen LogP contribution < -0.4 is 15.5 Å². The third-order valence-corrected chi connectivity index (χ3v) is 7.46. The Morgan fingerprint density at radius 2 is 1.67 bits per heavy atom. The maximum atomic E-state index is 13.4. The summed E-state index contributed by atoms with van der Waals surface area (Å²) in [6.45, 7) is 10.1. The van der Waals surface area contributed by atoms with Crippen LogP contribution >= 0.6 is 0 Å². The quantitative estimate of drug-likeness (QED) is 0.470. The summed E-state index contributed by atoms with van der Waals surface area (Å²) in [5.41, 5.74) is 1.01. The molecule has 9 nitrogen and oxygen atoms in total. The summed E-state index contributed by atoms with van der Waals surface area (Å²) in [5, 5.41) is 6.97. The molecule has 1 aliphatic carbocycles. The predicted molar refractivity (Wildman–Crippen MR) is 154 cm³/mol. The summed E-state index contributed by atoms with van der Waals surface area (Å²) in [4.78, 5) is 34.4. The number of nitrogens with zero attached hydrogens (tertiary/aromatic N) is 3. The van der Waals surface area contributed by atoms with E-state index in [2.05, 4.69) is 20.4 Å². The second kappa shape index (κ2) is 13.0. The maximum absolute atomic E-state index is 13.4. The van der Waals surface area contributed by atoms with E-state index in [1.165, 1.54) is 0 Å². The summed E-state index contributed by atoms with van der Waals surface area (Å²) in [7, 11) is 4.08. The molecule has 0 spiro atoms. The molecular weight excluding hydrogens is 494 g/mol. The Balaban J connectivity index is 1.27. The van der Waals surface area contributed by atoms with Crippen molar-refractivity contribution in [1.82, 2.24) is 20.5 Å². The molecule has 2 fully saturated rings. The molecule has 2 heterocycles. The van der Waals surface area contributed by atoms with Crippen LogP contribution in [0.3, 0.4) is 0 Å². The Morgan fingerprint density at radius 3 is 2.31 bits per heavy atom. The molecule has 0 unspecified atom stereocenters. The first kappa shape index (κ1) is 29.1. The van der Waals surface area contributed by atoms with Gasteiger partial charge in [-0.05, 0) is 84.5 Å². The molecule has 1 aromatic heterocycles. The average molecular weight is 540 g/mol. The lowest BCUT2D eigenvalue weighted by molar-refractivity contribution is 0.0265. The van der Waals surface area contributed by atoms with Crippen LogP contribution in [0.1, 0.15) is 56.8 Å². The number of ether oxygens (including phenoxy) is 2. The molecule has 2 aliphatic rings. The lowest BCUT2D eigenvalue weighted by Gasteiger charge is -2.40. The second-order valence-electron chi connectivity index (χ2n) is 12.2. The number of aromatic nitrogens is 1. The van der Waals surface area contributed by atoms with Crippen molar-refractivity contribution in [1.29, 1.82) is 0 Å². The van der Waals surface area contributed by atoms with Gasteiger partial charge < -0.3 is 29.9 Å². The van der Waals surface area contributed by atoms with Crippen LogP contribution in [0.25, 0.3) is 10.9 Å². The fraction of sp³-hybridized carbons (Fsp3) is 0.633. The number of pyridine rings is 1. The monoisotopic (exact) mass is 539 g/mol. The molecule has 2 N–H and O–H groups in total. The van der Waals surface area contributed by atoms with Crippen LogP contribution in [0, 0.1) is 11.8 Å². The summed E-state index contributed by atoms with van der Waals surface area (Å²) in [6.07, 6.45) is 3.98. The highest BCUT2D eigenvalue weighted by Gasteiger charge is 2.30. The van der Waals surface area contributed by atoms with E-state index in [1.807, 2.05) is 65.2 Å². The van der Waals surface area contributed by atoms with Gasteiger partial charge >= 0.3 is 6.09 Å². The van der Waals surface area contributed by atoms with Crippen LogP contribution in [-0.4, -0.2) is 87.0 Å². The van der Waals surface area contributed by atoms with Crippen LogP contribution in [0.2, 0.25) is 0 Å². The number of carbonyl (C=O) groups is 2. The SMILES string of the molecule is CN(C)CCOC1CN(c2cc(C(=O)NC[C@H]3CC[C@H](CNC(=O)OC(C)(C)C)CC3)c3ccccc3n2)C1. The zero-order valence-corrected chi connectivity index (χ0v) is 24.2. The van der Waals surface area contributed by atoms with E-state index in [1.54, 1.807) is 0 Å². The van der Waals surface area contributed by atoms with Crippen molar-refractivity contribution in [3.63, 3.8) is 0 Å². The average Bonchev–Trinajstić information content (AvgIpc) is 2.86. The number of hydrogen-bond acceptors (Lipinski definition) is 7. The Bertz CT molecular complexity index is 1120. The van der Waals surface area contributed by atoms with E-state index in [4.69, 9.17) is 14.5 Å². The van der Waals surface area contributed by atoms with Gasteiger partial charge in [0.05, 0.1) is 23.8 Å². The molecule has 1 saturated carbocycles. The van der Waals surface area contributed by atoms with E-state index in [0.717, 1.165) is 62.0 Å². The minimum absolute atomic E-state index is 0.0529. The van der Waals surface area contributed by atoms with Gasteiger partial charge in [0.15, 0.2) is 0 Å². The van der Waals surface area contributed by atoms with Crippen LogP contribution in [0.4, 0.5) is 10.6 Å². The lowest BCUT2D eigenvalue weighted by Crippen LogP contribution is -2.53. The van der Waals surface area contributed by atoms with E-state index >= 15 is 0 Å². The Morgan fingerprint density at radius 1 is 1.03 bits per heavy atom. The molecule has 9 heteroatoms. The van der Waals surface area contributed by atoms with Gasteiger partial charge in [0.2, 0.25) is 0 Å². The zero-order valence-electron chi connectivity index (χ0n) is 24.2. The summed E-state index contributed by atoms with van der Waals surface area (Å²) < 4.78 is 11.3. The van der Waals surface area contributed by atoms with Crippen molar-refractivity contribution in [3.05, 3.63) is 35.9 Å². The minimum Gasteiger partial charge on any atom is -0.444 e. The molecule has 39 heavy (non-hydrogen) atoms. The first-order valence-corrected chi connectivity index (χ1v) is 14.2. The third-order valence-electron chi connectivity index (χ3n) is 7.46. The maximum Gasteiger partial charge on any atom is 0.407 e. The number of para-hydroxylation sites is 1. The summed E-state index contributed by atoms with van der Waals surface area (Å²) in [6, 6.07) is 9.76. The molecule has 2 aromatic rings. The highest BCUT2D eigenvalue weighted by Crippen LogP contribution is 2.29. The number of nitrogens with one attached hydrogen (secondary N) is 2. The van der Waals surface area contributed by atoms with Crippen LogP contribution in [-0.2, 0) is 9.47 Å². The van der Waals surface area contributed by atoms with Crippen molar-refractivity contribution in [3.8, 4) is 0 Å². The summed E-state index contributed by atoms with van der Waals surface area (Å²) in [5.74, 6) is 1.66. The van der Waals surface area contributed by atoms with Gasteiger partial charge in [-0.25, -0.2) is 9.78 Å². The van der Waals surface area contributed by atoms with Gasteiger partial charge in [-0.2, -0.15) is 0 Å². The first-order chi connectivity index (χ1) is 18.6. The van der Waals surface area contributed by atoms with Crippen molar-refractivity contribution >= 4 is 28.7 Å². The molecule has 214 valence electrons. The minimum atomic E-state index is -0.487. The molecule has 2 amide bonds. The Labute approximate surface area is 232 Å². The number of rotatable bonds is 10. The lowest BCUT2D eigenvalue weighted by atomic mass is 9.82. The number of amides is 2. The van der Waals surface area contributed by atoms with Gasteiger partial charge in [0.25, 0.3) is 5.91 Å². The largest absolute Gasteiger partial charge is 0.444 e. The Kier molecular flexibility index (Phi) is 9.67. The van der Waals surface area contributed by atoms with Crippen molar-refractivity contribution in [2.45, 2.75) is 58.2 Å². The van der Waals surface area contributed by atoms with Gasteiger partial charge in [0.1, 0.15) is 11.4 Å². The number of benzene rings is 1. The fourth-order valence-electron chi connectivity index (χ4n) is 5.16. The highest BCUT2D eigenvalue weighted by atomic mass is 16.6.